The lowest BCUT2D eigenvalue weighted by Gasteiger charge is -2.13. The molecule has 8 heavy (non-hydrogen) atoms. The van der Waals surface area contributed by atoms with E-state index >= 15 is 0 Å². The van der Waals surface area contributed by atoms with Crippen LogP contribution in [0.2, 0.25) is 0 Å². The highest BCUT2D eigenvalue weighted by Crippen LogP contribution is 1.88. The van der Waals surface area contributed by atoms with E-state index in [4.69, 9.17) is 0 Å². The van der Waals surface area contributed by atoms with E-state index in [1.54, 1.807) is 0 Å². The number of nitrogens with one attached hydrogen (secondary N) is 1. The molecular weight excluding hydrogens is 98.1 g/mol. The monoisotopic (exact) mass is 114 g/mol. The lowest BCUT2D eigenvalue weighted by atomic mass is 10.2. The Labute approximate surface area is 52.5 Å². The van der Waals surface area contributed by atoms with Crippen molar-refractivity contribution in [3.63, 3.8) is 0 Å². The summed E-state index contributed by atoms with van der Waals surface area (Å²) >= 11 is 0. The quantitative estimate of drug-likeness (QED) is 0.587. The highest BCUT2D eigenvalue weighted by molar-refractivity contribution is 4.63. The van der Waals surface area contributed by atoms with Gasteiger partial charge in [-0.25, -0.2) is 0 Å². The van der Waals surface area contributed by atoms with E-state index in [0.29, 0.717) is 12.1 Å². The second-order valence-electron chi connectivity index (χ2n) is 2.51. The minimum Gasteiger partial charge on any atom is -0.312 e. The predicted molar refractivity (Wildman–Crippen MR) is 37.7 cm³/mol. The molecule has 1 radical (unpaired) electrons. The smallest absolute Gasteiger partial charge is 0.00410 e. The van der Waals surface area contributed by atoms with Crippen molar-refractivity contribution in [1.29, 1.82) is 0 Å². The van der Waals surface area contributed by atoms with E-state index in [9.17, 15) is 0 Å². The molecule has 0 amide bonds. The molecule has 0 heterocycles. The normalized spacial score (nSPS) is 14.6. The molecule has 0 aromatic heterocycles. The fourth-order valence-electron chi connectivity index (χ4n) is 0.652. The van der Waals surface area contributed by atoms with Gasteiger partial charge < -0.3 is 5.32 Å². The molecule has 0 fully saturated rings. The van der Waals surface area contributed by atoms with Crippen LogP contribution in [0.1, 0.15) is 27.2 Å². The van der Waals surface area contributed by atoms with Crippen molar-refractivity contribution in [3.8, 4) is 0 Å². The van der Waals surface area contributed by atoms with Crippen LogP contribution in [0.25, 0.3) is 0 Å². The maximum absolute atomic E-state index is 3.78. The predicted octanol–water partition coefficient (Wildman–Crippen LogP) is 1.60. The van der Waals surface area contributed by atoms with Crippen LogP contribution in [-0.2, 0) is 0 Å². The van der Waals surface area contributed by atoms with Crippen molar-refractivity contribution < 1.29 is 0 Å². The maximum atomic E-state index is 3.78. The summed E-state index contributed by atoms with van der Waals surface area (Å²) < 4.78 is 0. The molecule has 0 aliphatic carbocycles. The Hall–Kier alpha value is -0.0400. The van der Waals surface area contributed by atoms with Gasteiger partial charge in [-0.1, -0.05) is 20.8 Å². The standard InChI is InChI=1S/C7H16N/c1-5-7(4)8-6(2)3/h6-8H,1,5H2,2-4H3. The van der Waals surface area contributed by atoms with Crippen molar-refractivity contribution in [2.75, 3.05) is 0 Å². The van der Waals surface area contributed by atoms with Gasteiger partial charge in [0.15, 0.2) is 0 Å². The summed E-state index contributed by atoms with van der Waals surface area (Å²) in [5, 5.41) is 3.33. The Morgan fingerprint density at radius 3 is 2.00 bits per heavy atom. The van der Waals surface area contributed by atoms with E-state index in [1.165, 1.54) is 0 Å². The first-order valence-electron chi connectivity index (χ1n) is 3.22. The zero-order valence-corrected chi connectivity index (χ0v) is 6.07. The maximum Gasteiger partial charge on any atom is 0.00410 e. The minimum atomic E-state index is 0.565. The van der Waals surface area contributed by atoms with Crippen LogP contribution in [0, 0.1) is 6.92 Å². The average Bonchev–Trinajstić information content (AvgIpc) is 1.65. The largest absolute Gasteiger partial charge is 0.312 e. The third kappa shape index (κ3) is 4.13. The third-order valence-corrected chi connectivity index (χ3v) is 1.05. The zero-order chi connectivity index (χ0) is 6.57. The van der Waals surface area contributed by atoms with Crippen molar-refractivity contribution in [3.05, 3.63) is 6.92 Å². The number of hydrogen-bond donors (Lipinski definition) is 1. The molecule has 1 nitrogen and oxygen atoms in total. The van der Waals surface area contributed by atoms with Gasteiger partial charge in [0.05, 0.1) is 0 Å². The first-order valence-corrected chi connectivity index (χ1v) is 3.22. The fourth-order valence-corrected chi connectivity index (χ4v) is 0.652. The van der Waals surface area contributed by atoms with Crippen LogP contribution in [0.3, 0.4) is 0 Å². The Morgan fingerprint density at radius 2 is 1.88 bits per heavy atom. The molecule has 0 aliphatic rings. The van der Waals surface area contributed by atoms with Crippen molar-refractivity contribution in [1.82, 2.24) is 5.32 Å². The molecule has 0 bridgehead atoms. The van der Waals surface area contributed by atoms with Gasteiger partial charge >= 0.3 is 0 Å². The Balaban J connectivity index is 3.10. The molecule has 1 heteroatoms. The van der Waals surface area contributed by atoms with Gasteiger partial charge in [-0.3, -0.25) is 0 Å². The summed E-state index contributed by atoms with van der Waals surface area (Å²) in [6.07, 6.45) is 0.970. The van der Waals surface area contributed by atoms with E-state index < -0.39 is 0 Å². The summed E-state index contributed by atoms with van der Waals surface area (Å²) in [5.41, 5.74) is 0. The molecule has 0 saturated carbocycles. The van der Waals surface area contributed by atoms with Crippen LogP contribution in [-0.4, -0.2) is 12.1 Å². The van der Waals surface area contributed by atoms with Gasteiger partial charge in [-0.2, -0.15) is 0 Å². The van der Waals surface area contributed by atoms with Gasteiger partial charge in [0.1, 0.15) is 0 Å². The highest BCUT2D eigenvalue weighted by Gasteiger charge is 1.97. The second-order valence-corrected chi connectivity index (χ2v) is 2.51. The molecule has 1 N–H and O–H groups in total. The zero-order valence-electron chi connectivity index (χ0n) is 6.07. The van der Waals surface area contributed by atoms with E-state index in [2.05, 4.69) is 33.0 Å². The summed E-state index contributed by atoms with van der Waals surface area (Å²) in [4.78, 5) is 0. The molecule has 1 unspecified atom stereocenters. The lowest BCUT2D eigenvalue weighted by Crippen LogP contribution is -2.31. The van der Waals surface area contributed by atoms with Crippen LogP contribution in [0.15, 0.2) is 0 Å². The van der Waals surface area contributed by atoms with Crippen LogP contribution < -0.4 is 5.32 Å². The second kappa shape index (κ2) is 3.90. The molecular formula is C7H16N. The van der Waals surface area contributed by atoms with E-state index in [1.807, 2.05) is 0 Å². The fraction of sp³-hybridized carbons (Fsp3) is 0.857. The van der Waals surface area contributed by atoms with Crippen molar-refractivity contribution >= 4 is 0 Å². The van der Waals surface area contributed by atoms with Crippen molar-refractivity contribution in [2.45, 2.75) is 39.3 Å². The van der Waals surface area contributed by atoms with Gasteiger partial charge in [0, 0.05) is 12.1 Å². The Bertz CT molecular complexity index is 50.3. The molecule has 0 spiro atoms. The summed E-state index contributed by atoms with van der Waals surface area (Å²) in [7, 11) is 0. The molecule has 49 valence electrons. The minimum absolute atomic E-state index is 0.565. The van der Waals surface area contributed by atoms with Gasteiger partial charge in [0.2, 0.25) is 0 Å². The molecule has 0 aliphatic heterocycles. The summed E-state index contributed by atoms with van der Waals surface area (Å²) in [5.74, 6) is 0. The molecule has 0 aromatic rings. The number of rotatable bonds is 3. The number of hydrogen-bond acceptors (Lipinski definition) is 1. The Kier molecular flexibility index (Phi) is 3.88. The SMILES string of the molecule is [CH2]CC(C)NC(C)C. The molecule has 1 atom stereocenters. The van der Waals surface area contributed by atoms with Gasteiger partial charge in [0.25, 0.3) is 0 Å². The first-order chi connectivity index (χ1) is 3.66. The summed E-state index contributed by atoms with van der Waals surface area (Å²) in [6, 6.07) is 1.15. The molecule has 0 saturated heterocycles. The highest BCUT2D eigenvalue weighted by atomic mass is 14.9. The van der Waals surface area contributed by atoms with E-state index in [0.717, 1.165) is 6.42 Å². The summed E-state index contributed by atoms with van der Waals surface area (Å²) in [6.45, 7) is 10.2. The van der Waals surface area contributed by atoms with Crippen LogP contribution in [0.5, 0.6) is 0 Å². The topological polar surface area (TPSA) is 12.0 Å². The van der Waals surface area contributed by atoms with Crippen molar-refractivity contribution in [2.24, 2.45) is 0 Å². The van der Waals surface area contributed by atoms with Gasteiger partial charge in [-0.05, 0) is 13.3 Å². The Morgan fingerprint density at radius 1 is 1.38 bits per heavy atom. The van der Waals surface area contributed by atoms with E-state index in [-0.39, 0.29) is 0 Å². The molecule has 0 aromatic carbocycles. The lowest BCUT2D eigenvalue weighted by molar-refractivity contribution is 0.492. The van der Waals surface area contributed by atoms with Crippen LogP contribution >= 0.6 is 0 Å². The first kappa shape index (κ1) is 7.96. The third-order valence-electron chi connectivity index (χ3n) is 1.05. The molecule has 0 rings (SSSR count). The average molecular weight is 114 g/mol. The van der Waals surface area contributed by atoms with Crippen LogP contribution in [0.4, 0.5) is 0 Å². The van der Waals surface area contributed by atoms with Gasteiger partial charge in [-0.15, -0.1) is 0 Å².